The Bertz CT molecular complexity index is 361. The van der Waals surface area contributed by atoms with Crippen molar-refractivity contribution in [3.8, 4) is 0 Å². The Kier molecular flexibility index (Phi) is 8.98. The summed E-state index contributed by atoms with van der Waals surface area (Å²) in [4.78, 5) is 2.21. The lowest BCUT2D eigenvalue weighted by molar-refractivity contribution is 0.0205. The quantitative estimate of drug-likeness (QED) is 0.491. The molecule has 0 aliphatic heterocycles. The summed E-state index contributed by atoms with van der Waals surface area (Å²) in [5.74, 6) is 0. The van der Waals surface area contributed by atoms with Gasteiger partial charge in [-0.3, -0.25) is 4.90 Å². The van der Waals surface area contributed by atoms with Crippen molar-refractivity contribution in [3.05, 3.63) is 29.8 Å². The highest BCUT2D eigenvalue weighted by Gasteiger charge is 2.00. The molecule has 0 radical (unpaired) electrons. The van der Waals surface area contributed by atoms with Crippen LogP contribution in [0, 0.1) is 0 Å². The van der Waals surface area contributed by atoms with Crippen molar-refractivity contribution in [2.75, 3.05) is 59.5 Å². The molecule has 0 fully saturated rings. The smallest absolute Gasteiger partial charge is 0.0701 e. The molecule has 0 atom stereocenters. The van der Waals surface area contributed by atoms with Crippen LogP contribution >= 0.6 is 0 Å². The van der Waals surface area contributed by atoms with Crippen LogP contribution < -0.4 is 5.73 Å². The van der Waals surface area contributed by atoms with Gasteiger partial charge in [0.15, 0.2) is 0 Å². The van der Waals surface area contributed by atoms with Crippen LogP contribution in [0.25, 0.3) is 0 Å². The molecule has 1 aromatic rings. The summed E-state index contributed by atoms with van der Waals surface area (Å²) in [6.45, 7) is 4.94. The van der Waals surface area contributed by atoms with Crippen LogP contribution in [-0.2, 0) is 20.8 Å². The van der Waals surface area contributed by atoms with E-state index < -0.39 is 0 Å². The summed E-state index contributed by atoms with van der Waals surface area (Å²) in [6.07, 6.45) is 0. The first-order valence-corrected chi connectivity index (χ1v) is 6.89. The second-order valence-electron chi connectivity index (χ2n) is 4.70. The van der Waals surface area contributed by atoms with Crippen LogP contribution in [0.1, 0.15) is 5.56 Å². The molecule has 0 aromatic heterocycles. The zero-order valence-corrected chi connectivity index (χ0v) is 12.5. The van der Waals surface area contributed by atoms with Crippen LogP contribution in [0.4, 0.5) is 5.69 Å². The number of nitrogen functional groups attached to an aromatic ring is 1. The van der Waals surface area contributed by atoms with Crippen LogP contribution in [0.3, 0.4) is 0 Å². The van der Waals surface area contributed by atoms with E-state index in [1.807, 2.05) is 18.2 Å². The van der Waals surface area contributed by atoms with Crippen molar-refractivity contribution in [2.24, 2.45) is 0 Å². The number of nitrogens with zero attached hydrogens (tertiary/aromatic N) is 1. The Morgan fingerprint density at radius 3 is 2.45 bits per heavy atom. The molecule has 0 aliphatic rings. The lowest BCUT2D eigenvalue weighted by atomic mass is 10.2. The molecule has 5 heteroatoms. The fourth-order valence-corrected chi connectivity index (χ4v) is 1.77. The molecule has 1 aromatic carbocycles. The molecule has 2 N–H and O–H groups in total. The third-order valence-corrected chi connectivity index (χ3v) is 2.82. The molecule has 20 heavy (non-hydrogen) atoms. The number of nitrogens with two attached hydrogens (primary N) is 1. The number of likely N-dealkylation sites (N-methyl/N-ethyl adjacent to an activating group) is 1. The predicted octanol–water partition coefficient (Wildman–Crippen LogP) is 1.38. The van der Waals surface area contributed by atoms with E-state index in [0.717, 1.165) is 18.8 Å². The summed E-state index contributed by atoms with van der Waals surface area (Å²) in [5, 5.41) is 0. The van der Waals surface area contributed by atoms with Crippen LogP contribution in [0.15, 0.2) is 24.3 Å². The molecule has 0 saturated carbocycles. The number of hydrogen-bond acceptors (Lipinski definition) is 5. The average Bonchev–Trinajstić information content (AvgIpc) is 2.42. The summed E-state index contributed by atoms with van der Waals surface area (Å²) >= 11 is 0. The van der Waals surface area contributed by atoms with Crippen LogP contribution in [0.5, 0.6) is 0 Å². The minimum Gasteiger partial charge on any atom is -0.399 e. The number of rotatable bonds is 11. The Morgan fingerprint density at radius 1 is 1.05 bits per heavy atom. The van der Waals surface area contributed by atoms with Crippen molar-refractivity contribution in [1.29, 1.82) is 0 Å². The number of methoxy groups -OCH3 is 1. The topological polar surface area (TPSA) is 57.0 Å². The van der Waals surface area contributed by atoms with Gasteiger partial charge in [-0.15, -0.1) is 0 Å². The molecular weight excluding hydrogens is 256 g/mol. The molecule has 0 heterocycles. The predicted molar refractivity (Wildman–Crippen MR) is 80.7 cm³/mol. The van der Waals surface area contributed by atoms with E-state index in [1.165, 1.54) is 5.56 Å². The molecule has 5 nitrogen and oxygen atoms in total. The van der Waals surface area contributed by atoms with E-state index in [0.29, 0.717) is 33.0 Å². The molecule has 0 amide bonds. The second-order valence-corrected chi connectivity index (χ2v) is 4.70. The number of anilines is 1. The van der Waals surface area contributed by atoms with Gasteiger partial charge in [0.1, 0.15) is 0 Å². The van der Waals surface area contributed by atoms with Gasteiger partial charge in [-0.05, 0) is 24.7 Å². The molecule has 0 bridgehead atoms. The fraction of sp³-hybridized carbons (Fsp3) is 0.600. The Hall–Kier alpha value is -1.14. The van der Waals surface area contributed by atoms with Crippen molar-refractivity contribution in [3.63, 3.8) is 0 Å². The second kappa shape index (κ2) is 10.6. The first-order chi connectivity index (χ1) is 9.72. The van der Waals surface area contributed by atoms with Crippen LogP contribution in [-0.4, -0.2) is 58.6 Å². The summed E-state index contributed by atoms with van der Waals surface area (Å²) in [7, 11) is 3.73. The van der Waals surface area contributed by atoms with Crippen molar-refractivity contribution in [1.82, 2.24) is 4.90 Å². The monoisotopic (exact) mass is 282 g/mol. The maximum absolute atomic E-state index is 5.76. The van der Waals surface area contributed by atoms with Gasteiger partial charge in [-0.1, -0.05) is 12.1 Å². The highest BCUT2D eigenvalue weighted by atomic mass is 16.5. The lowest BCUT2D eigenvalue weighted by Gasteiger charge is -2.17. The van der Waals surface area contributed by atoms with Gasteiger partial charge >= 0.3 is 0 Å². The van der Waals surface area contributed by atoms with E-state index >= 15 is 0 Å². The number of benzene rings is 1. The van der Waals surface area contributed by atoms with Gasteiger partial charge in [-0.2, -0.15) is 0 Å². The zero-order chi connectivity index (χ0) is 14.6. The first kappa shape index (κ1) is 16.9. The Labute approximate surface area is 121 Å². The maximum atomic E-state index is 5.76. The van der Waals surface area contributed by atoms with E-state index in [4.69, 9.17) is 19.9 Å². The van der Waals surface area contributed by atoms with Crippen LogP contribution in [0.2, 0.25) is 0 Å². The molecule has 0 unspecified atom stereocenters. The van der Waals surface area contributed by atoms with E-state index in [2.05, 4.69) is 18.0 Å². The largest absolute Gasteiger partial charge is 0.399 e. The first-order valence-electron chi connectivity index (χ1n) is 6.89. The van der Waals surface area contributed by atoms with E-state index in [9.17, 15) is 0 Å². The van der Waals surface area contributed by atoms with E-state index in [1.54, 1.807) is 7.11 Å². The third kappa shape index (κ3) is 8.12. The number of ether oxygens (including phenoxy) is 3. The Balaban J connectivity index is 2.01. The molecule has 114 valence electrons. The van der Waals surface area contributed by atoms with Crippen molar-refractivity contribution in [2.45, 2.75) is 6.54 Å². The van der Waals surface area contributed by atoms with Gasteiger partial charge in [0.05, 0.1) is 33.0 Å². The zero-order valence-electron chi connectivity index (χ0n) is 12.5. The molecule has 1 rings (SSSR count). The highest BCUT2D eigenvalue weighted by Crippen LogP contribution is 2.08. The SMILES string of the molecule is COCCOCCOCCN(C)Cc1cccc(N)c1. The summed E-state index contributed by atoms with van der Waals surface area (Å²) < 4.78 is 15.7. The van der Waals surface area contributed by atoms with Gasteiger partial charge < -0.3 is 19.9 Å². The Morgan fingerprint density at radius 2 is 1.75 bits per heavy atom. The third-order valence-electron chi connectivity index (χ3n) is 2.82. The standard InChI is InChI=1S/C15H26N2O3/c1-17(13-14-4-3-5-15(16)12-14)6-7-19-10-11-20-9-8-18-2/h3-5,12H,6-11,13,16H2,1-2H3. The minimum absolute atomic E-state index is 0.613. The molecule has 0 saturated heterocycles. The van der Waals surface area contributed by atoms with Gasteiger partial charge in [0, 0.05) is 25.9 Å². The molecule has 0 aliphatic carbocycles. The van der Waals surface area contributed by atoms with Gasteiger partial charge in [0.25, 0.3) is 0 Å². The van der Waals surface area contributed by atoms with Crippen molar-refractivity contribution >= 4 is 5.69 Å². The minimum atomic E-state index is 0.613. The average molecular weight is 282 g/mol. The lowest BCUT2D eigenvalue weighted by Crippen LogP contribution is -2.23. The highest BCUT2D eigenvalue weighted by molar-refractivity contribution is 5.40. The maximum Gasteiger partial charge on any atom is 0.0701 e. The summed E-state index contributed by atoms with van der Waals surface area (Å²) in [6, 6.07) is 7.96. The van der Waals surface area contributed by atoms with Gasteiger partial charge in [0.2, 0.25) is 0 Å². The normalized spacial score (nSPS) is 11.2. The van der Waals surface area contributed by atoms with Gasteiger partial charge in [-0.25, -0.2) is 0 Å². The number of hydrogen-bond donors (Lipinski definition) is 1. The summed E-state index contributed by atoms with van der Waals surface area (Å²) in [5.41, 5.74) is 7.78. The van der Waals surface area contributed by atoms with Crippen molar-refractivity contribution < 1.29 is 14.2 Å². The molecular formula is C15H26N2O3. The fourth-order valence-electron chi connectivity index (χ4n) is 1.77. The van der Waals surface area contributed by atoms with E-state index in [-0.39, 0.29) is 0 Å². The molecule has 0 spiro atoms.